The van der Waals surface area contributed by atoms with E-state index in [4.69, 9.17) is 0 Å². The molecule has 6 heteroatoms. The van der Waals surface area contributed by atoms with Crippen molar-refractivity contribution in [3.8, 4) is 0 Å². The third kappa shape index (κ3) is 1.45. The molecular weight excluding hydrogens is 204 g/mol. The summed E-state index contributed by atoms with van der Waals surface area (Å²) in [5, 5.41) is 0. The van der Waals surface area contributed by atoms with Crippen LogP contribution in [0.25, 0.3) is 0 Å². The molecule has 0 saturated carbocycles. The highest BCUT2D eigenvalue weighted by molar-refractivity contribution is 7.86. The van der Waals surface area contributed by atoms with Crippen LogP contribution in [0.4, 0.5) is 0 Å². The Hall–Kier alpha value is -1.17. The van der Waals surface area contributed by atoms with Gasteiger partial charge < -0.3 is 0 Å². The summed E-state index contributed by atoms with van der Waals surface area (Å²) in [6.45, 7) is 1.71. The smallest absolute Gasteiger partial charge is 0.293 e. The molecular formula is C8H10N2O3S. The molecule has 1 saturated heterocycles. The van der Waals surface area contributed by atoms with Gasteiger partial charge in [-0.25, -0.2) is 4.79 Å². The fourth-order valence-corrected chi connectivity index (χ4v) is 2.66. The number of nitrogens with zero attached hydrogens (tertiary/aromatic N) is 1. The van der Waals surface area contributed by atoms with Crippen molar-refractivity contribution in [3.05, 3.63) is 32.6 Å². The van der Waals surface area contributed by atoms with Crippen molar-refractivity contribution in [1.82, 2.24) is 9.55 Å². The van der Waals surface area contributed by atoms with Crippen molar-refractivity contribution in [3.63, 3.8) is 0 Å². The van der Waals surface area contributed by atoms with Gasteiger partial charge in [-0.1, -0.05) is 0 Å². The summed E-state index contributed by atoms with van der Waals surface area (Å²) in [6.07, 6.45) is 0. The Labute approximate surface area is 82.2 Å². The van der Waals surface area contributed by atoms with Crippen molar-refractivity contribution in [2.24, 2.45) is 0 Å². The van der Waals surface area contributed by atoms with Crippen LogP contribution in [0.1, 0.15) is 11.7 Å². The molecule has 2 heterocycles. The lowest BCUT2D eigenvalue weighted by Gasteiger charge is -2.27. The van der Waals surface area contributed by atoms with Gasteiger partial charge in [0, 0.05) is 34.1 Å². The fourth-order valence-electron chi connectivity index (χ4n) is 1.60. The number of hydrogen-bond donors (Lipinski definition) is 1. The minimum atomic E-state index is -0.796. The Balaban J connectivity index is 2.48. The van der Waals surface area contributed by atoms with E-state index >= 15 is 0 Å². The van der Waals surface area contributed by atoms with Crippen LogP contribution < -0.4 is 11.2 Å². The average molecular weight is 214 g/mol. The van der Waals surface area contributed by atoms with Gasteiger partial charge in [-0.3, -0.25) is 18.6 Å². The van der Waals surface area contributed by atoms with Crippen molar-refractivity contribution in [1.29, 1.82) is 0 Å². The summed E-state index contributed by atoms with van der Waals surface area (Å²) in [7, 11) is -0.796. The standard InChI is InChI=1S/C8H10N2O3S/c1-5-2-7(11)9-8(12)10(5)6-3-14(13)4-6/h2,6H,3-4H2,1H3,(H,9,11,12). The molecule has 1 aliphatic heterocycles. The van der Waals surface area contributed by atoms with Gasteiger partial charge in [-0.2, -0.15) is 0 Å². The first-order chi connectivity index (χ1) is 6.58. The summed E-state index contributed by atoms with van der Waals surface area (Å²) in [5.41, 5.74) is -0.165. The SMILES string of the molecule is Cc1cc(=O)[nH]c(=O)n1C1CS(=O)C1. The van der Waals surface area contributed by atoms with Gasteiger partial charge in [0.05, 0.1) is 6.04 Å². The lowest BCUT2D eigenvalue weighted by Crippen LogP contribution is -2.43. The van der Waals surface area contributed by atoms with E-state index in [2.05, 4.69) is 4.98 Å². The summed E-state index contributed by atoms with van der Waals surface area (Å²) >= 11 is 0. The Kier molecular flexibility index (Phi) is 2.14. The maximum atomic E-state index is 11.4. The van der Waals surface area contributed by atoms with Gasteiger partial charge >= 0.3 is 5.69 Å². The highest BCUT2D eigenvalue weighted by Gasteiger charge is 2.28. The second-order valence-corrected chi connectivity index (χ2v) is 4.92. The Bertz CT molecular complexity index is 494. The molecule has 14 heavy (non-hydrogen) atoms. The van der Waals surface area contributed by atoms with Crippen LogP contribution in [0.2, 0.25) is 0 Å². The lowest BCUT2D eigenvalue weighted by atomic mass is 10.3. The maximum Gasteiger partial charge on any atom is 0.328 e. The second kappa shape index (κ2) is 3.20. The molecule has 0 spiro atoms. The molecule has 0 atom stereocenters. The first kappa shape index (κ1) is 9.39. The molecule has 0 radical (unpaired) electrons. The molecule has 1 aliphatic rings. The van der Waals surface area contributed by atoms with Crippen LogP contribution in [0.3, 0.4) is 0 Å². The van der Waals surface area contributed by atoms with Gasteiger partial charge in [0.2, 0.25) is 0 Å². The van der Waals surface area contributed by atoms with E-state index in [1.165, 1.54) is 10.6 Å². The van der Waals surface area contributed by atoms with Gasteiger partial charge in [-0.05, 0) is 6.92 Å². The third-order valence-corrected chi connectivity index (χ3v) is 3.80. The van der Waals surface area contributed by atoms with Crippen molar-refractivity contribution in [2.45, 2.75) is 13.0 Å². The average Bonchev–Trinajstić information content (AvgIpc) is 1.99. The number of aryl methyl sites for hydroxylation is 1. The lowest BCUT2D eigenvalue weighted by molar-refractivity contribution is 0.517. The minimum Gasteiger partial charge on any atom is -0.293 e. The van der Waals surface area contributed by atoms with Crippen molar-refractivity contribution < 1.29 is 4.21 Å². The Morgan fingerprint density at radius 3 is 2.64 bits per heavy atom. The number of nitrogens with one attached hydrogen (secondary N) is 1. The molecule has 0 aliphatic carbocycles. The quantitative estimate of drug-likeness (QED) is 0.661. The molecule has 5 nitrogen and oxygen atoms in total. The van der Waals surface area contributed by atoms with E-state index in [-0.39, 0.29) is 11.6 Å². The topological polar surface area (TPSA) is 71.9 Å². The van der Waals surface area contributed by atoms with Crippen molar-refractivity contribution >= 4 is 10.8 Å². The van der Waals surface area contributed by atoms with Crippen LogP contribution in [0.15, 0.2) is 15.7 Å². The number of rotatable bonds is 1. The summed E-state index contributed by atoms with van der Waals surface area (Å²) < 4.78 is 12.4. The van der Waals surface area contributed by atoms with Gasteiger partial charge in [0.1, 0.15) is 0 Å². The summed E-state index contributed by atoms with van der Waals surface area (Å²) in [4.78, 5) is 24.5. The Morgan fingerprint density at radius 2 is 2.14 bits per heavy atom. The molecule has 76 valence electrons. The van der Waals surface area contributed by atoms with Crippen LogP contribution in [-0.4, -0.2) is 25.3 Å². The molecule has 0 bridgehead atoms. The second-order valence-electron chi connectivity index (χ2n) is 3.38. The predicted molar refractivity (Wildman–Crippen MR) is 53.0 cm³/mol. The summed E-state index contributed by atoms with van der Waals surface area (Å²) in [5.74, 6) is 1.01. The van der Waals surface area contributed by atoms with E-state index in [9.17, 15) is 13.8 Å². The highest BCUT2D eigenvalue weighted by Crippen LogP contribution is 2.19. The fraction of sp³-hybridized carbons (Fsp3) is 0.500. The van der Waals surface area contributed by atoms with E-state index < -0.39 is 16.5 Å². The molecule has 0 aromatic carbocycles. The molecule has 1 aromatic rings. The molecule has 0 amide bonds. The first-order valence-electron chi connectivity index (χ1n) is 4.25. The molecule has 1 fully saturated rings. The van der Waals surface area contributed by atoms with E-state index in [1.54, 1.807) is 6.92 Å². The van der Waals surface area contributed by atoms with Crippen LogP contribution in [-0.2, 0) is 10.8 Å². The zero-order valence-electron chi connectivity index (χ0n) is 7.65. The van der Waals surface area contributed by atoms with E-state index in [0.717, 1.165) is 0 Å². The van der Waals surface area contributed by atoms with Gasteiger partial charge in [-0.15, -0.1) is 0 Å². The van der Waals surface area contributed by atoms with Gasteiger partial charge in [0.25, 0.3) is 5.56 Å². The zero-order valence-corrected chi connectivity index (χ0v) is 8.47. The number of hydrogen-bond acceptors (Lipinski definition) is 3. The minimum absolute atomic E-state index is 0.0137. The largest absolute Gasteiger partial charge is 0.328 e. The molecule has 1 aromatic heterocycles. The van der Waals surface area contributed by atoms with Crippen LogP contribution in [0.5, 0.6) is 0 Å². The van der Waals surface area contributed by atoms with Crippen LogP contribution in [0, 0.1) is 6.92 Å². The number of H-pyrrole nitrogens is 1. The monoisotopic (exact) mass is 214 g/mol. The highest BCUT2D eigenvalue weighted by atomic mass is 32.2. The van der Waals surface area contributed by atoms with Gasteiger partial charge in [0.15, 0.2) is 0 Å². The Morgan fingerprint density at radius 1 is 1.50 bits per heavy atom. The molecule has 0 unspecified atom stereocenters. The number of aromatic nitrogens is 2. The maximum absolute atomic E-state index is 11.4. The molecule has 1 N–H and O–H groups in total. The predicted octanol–water partition coefficient (Wildman–Crippen LogP) is -0.852. The van der Waals surface area contributed by atoms with E-state index in [0.29, 0.717) is 17.2 Å². The third-order valence-electron chi connectivity index (χ3n) is 2.29. The van der Waals surface area contributed by atoms with E-state index in [1.807, 2.05) is 0 Å². The first-order valence-corrected chi connectivity index (χ1v) is 5.74. The summed E-state index contributed by atoms with van der Waals surface area (Å²) in [6, 6.07) is 1.36. The van der Waals surface area contributed by atoms with Crippen molar-refractivity contribution in [2.75, 3.05) is 11.5 Å². The normalized spacial score (nSPS) is 25.8. The molecule has 2 rings (SSSR count). The van der Waals surface area contributed by atoms with Crippen LogP contribution >= 0.6 is 0 Å². The number of aromatic amines is 1. The zero-order chi connectivity index (χ0) is 10.3.